The zero-order valence-corrected chi connectivity index (χ0v) is 16.4. The molecule has 3 nitrogen and oxygen atoms in total. The molecule has 134 valence electrons. The predicted molar refractivity (Wildman–Crippen MR) is 104 cm³/mol. The Balaban J connectivity index is 1.83. The molecule has 0 aromatic heterocycles. The highest BCUT2D eigenvalue weighted by Gasteiger charge is 2.21. The van der Waals surface area contributed by atoms with Crippen LogP contribution in [-0.2, 0) is 13.0 Å². The smallest absolute Gasteiger partial charge is 0.203 e. The Hall–Kier alpha value is -1.68. The summed E-state index contributed by atoms with van der Waals surface area (Å²) in [7, 11) is 0. The molecule has 4 heteroatoms. The Morgan fingerprint density at radius 2 is 1.80 bits per heavy atom. The van der Waals surface area contributed by atoms with E-state index < -0.39 is 0 Å². The first-order valence-corrected chi connectivity index (χ1v) is 9.94. The second-order valence-corrected chi connectivity index (χ2v) is 7.40. The summed E-state index contributed by atoms with van der Waals surface area (Å²) in [5.41, 5.74) is 2.37. The summed E-state index contributed by atoms with van der Waals surface area (Å²) in [6.45, 7) is 6.18. The van der Waals surface area contributed by atoms with Gasteiger partial charge in [-0.15, -0.1) is 0 Å². The van der Waals surface area contributed by atoms with Gasteiger partial charge in [0.05, 0.1) is 0 Å². The van der Waals surface area contributed by atoms with Gasteiger partial charge in [-0.3, -0.25) is 0 Å². The third-order valence-electron chi connectivity index (χ3n) is 4.54. The zero-order chi connectivity index (χ0) is 17.6. The van der Waals surface area contributed by atoms with Crippen LogP contribution < -0.4 is 14.2 Å². The highest BCUT2D eigenvalue weighted by atomic mass is 79.9. The number of halogens is 1. The first kappa shape index (κ1) is 18.1. The molecule has 1 atom stereocenters. The minimum atomic E-state index is 0.520. The summed E-state index contributed by atoms with van der Waals surface area (Å²) in [5.74, 6) is 3.48. The molecule has 0 aliphatic carbocycles. The van der Waals surface area contributed by atoms with Gasteiger partial charge in [-0.2, -0.15) is 0 Å². The van der Waals surface area contributed by atoms with Crippen molar-refractivity contribution in [3.05, 3.63) is 53.6 Å². The van der Waals surface area contributed by atoms with E-state index >= 15 is 0 Å². The summed E-state index contributed by atoms with van der Waals surface area (Å²) in [4.78, 5) is 0. The fraction of sp³-hybridized carbons (Fsp3) is 0.429. The normalized spacial score (nSPS) is 14.4. The Bertz CT molecular complexity index is 685. The highest BCUT2D eigenvalue weighted by molar-refractivity contribution is 9.09. The van der Waals surface area contributed by atoms with Gasteiger partial charge in [-0.25, -0.2) is 0 Å². The molecule has 25 heavy (non-hydrogen) atoms. The number of alkyl halides is 1. The van der Waals surface area contributed by atoms with Crippen molar-refractivity contribution < 1.29 is 14.2 Å². The van der Waals surface area contributed by atoms with Crippen LogP contribution in [0.25, 0.3) is 0 Å². The van der Waals surface area contributed by atoms with Crippen LogP contribution in [-0.4, -0.2) is 18.5 Å². The third-order valence-corrected chi connectivity index (χ3v) is 5.38. The van der Waals surface area contributed by atoms with E-state index in [2.05, 4.69) is 54.0 Å². The van der Waals surface area contributed by atoms with Crippen LogP contribution >= 0.6 is 15.9 Å². The van der Waals surface area contributed by atoms with E-state index in [9.17, 15) is 0 Å². The topological polar surface area (TPSA) is 27.7 Å². The van der Waals surface area contributed by atoms with Crippen LogP contribution in [0.1, 0.15) is 25.0 Å². The van der Waals surface area contributed by atoms with Gasteiger partial charge >= 0.3 is 0 Å². The Morgan fingerprint density at radius 3 is 2.52 bits per heavy atom. The van der Waals surface area contributed by atoms with Crippen LogP contribution in [0.4, 0.5) is 0 Å². The molecule has 0 spiro atoms. The van der Waals surface area contributed by atoms with Crippen molar-refractivity contribution in [2.45, 2.75) is 26.9 Å². The monoisotopic (exact) mass is 404 g/mol. The van der Waals surface area contributed by atoms with Crippen molar-refractivity contribution in [2.24, 2.45) is 11.8 Å². The van der Waals surface area contributed by atoms with Crippen molar-refractivity contribution in [2.75, 3.05) is 18.5 Å². The van der Waals surface area contributed by atoms with Gasteiger partial charge in [0.15, 0.2) is 11.5 Å². The van der Waals surface area contributed by atoms with E-state index in [1.807, 2.05) is 18.2 Å². The van der Waals surface area contributed by atoms with Gasteiger partial charge in [0.1, 0.15) is 19.8 Å². The standard InChI is InChI=1S/C21H25BrO3/c1-15(2)18(13-22)10-17-11-19-21(24-9-8-23-19)20(12-17)25-14-16-6-4-3-5-7-16/h3-7,11-12,15,18H,8-10,13-14H2,1-2H3. The zero-order valence-electron chi connectivity index (χ0n) is 14.8. The van der Waals surface area contributed by atoms with E-state index in [4.69, 9.17) is 14.2 Å². The average Bonchev–Trinajstić information content (AvgIpc) is 2.64. The lowest BCUT2D eigenvalue weighted by molar-refractivity contribution is 0.160. The molecule has 0 N–H and O–H groups in total. The Kier molecular flexibility index (Phi) is 6.24. The Morgan fingerprint density at radius 1 is 1.04 bits per heavy atom. The molecular formula is C21H25BrO3. The first-order valence-electron chi connectivity index (χ1n) is 8.82. The number of hydrogen-bond donors (Lipinski definition) is 0. The second-order valence-electron chi connectivity index (χ2n) is 6.75. The largest absolute Gasteiger partial charge is 0.486 e. The molecule has 2 aromatic rings. The van der Waals surface area contributed by atoms with E-state index in [-0.39, 0.29) is 0 Å². The molecule has 1 aliphatic rings. The molecule has 0 fully saturated rings. The fourth-order valence-electron chi connectivity index (χ4n) is 2.91. The van der Waals surface area contributed by atoms with Crippen molar-refractivity contribution in [1.29, 1.82) is 0 Å². The summed E-state index contributed by atoms with van der Waals surface area (Å²) >= 11 is 3.64. The molecule has 2 aromatic carbocycles. The summed E-state index contributed by atoms with van der Waals surface area (Å²) in [6.07, 6.45) is 0.987. The molecule has 0 saturated heterocycles. The number of ether oxygens (including phenoxy) is 3. The van der Waals surface area contributed by atoms with E-state index in [0.717, 1.165) is 34.6 Å². The van der Waals surface area contributed by atoms with Gasteiger partial charge in [0.2, 0.25) is 5.75 Å². The third kappa shape index (κ3) is 4.69. The highest BCUT2D eigenvalue weighted by Crippen LogP contribution is 2.41. The van der Waals surface area contributed by atoms with Crippen molar-refractivity contribution in [1.82, 2.24) is 0 Å². The van der Waals surface area contributed by atoms with Crippen molar-refractivity contribution in [3.63, 3.8) is 0 Å². The Labute approximate surface area is 158 Å². The molecule has 0 saturated carbocycles. The van der Waals surface area contributed by atoms with Crippen LogP contribution in [0.2, 0.25) is 0 Å². The van der Waals surface area contributed by atoms with E-state index in [1.165, 1.54) is 5.56 Å². The number of fused-ring (bicyclic) bond motifs is 1. The van der Waals surface area contributed by atoms with Gasteiger partial charge in [0.25, 0.3) is 0 Å². The summed E-state index contributed by atoms with van der Waals surface area (Å²) in [6, 6.07) is 14.4. The van der Waals surface area contributed by atoms with Crippen LogP contribution in [0.15, 0.2) is 42.5 Å². The lowest BCUT2D eigenvalue weighted by atomic mass is 9.91. The summed E-state index contributed by atoms with van der Waals surface area (Å²) < 4.78 is 17.7. The number of hydrogen-bond acceptors (Lipinski definition) is 3. The molecule has 0 amide bonds. The molecular weight excluding hydrogens is 380 g/mol. The molecule has 1 heterocycles. The fourth-order valence-corrected chi connectivity index (χ4v) is 3.88. The van der Waals surface area contributed by atoms with Crippen LogP contribution in [0.5, 0.6) is 17.2 Å². The van der Waals surface area contributed by atoms with Gasteiger partial charge in [-0.05, 0) is 41.5 Å². The minimum Gasteiger partial charge on any atom is -0.486 e. The average molecular weight is 405 g/mol. The first-order chi connectivity index (χ1) is 12.2. The van der Waals surface area contributed by atoms with E-state index in [0.29, 0.717) is 31.7 Å². The predicted octanol–water partition coefficient (Wildman–Crippen LogP) is 5.25. The maximum absolute atomic E-state index is 6.09. The molecule has 1 unspecified atom stereocenters. The van der Waals surface area contributed by atoms with Crippen molar-refractivity contribution in [3.8, 4) is 17.2 Å². The second kappa shape index (κ2) is 8.61. The lowest BCUT2D eigenvalue weighted by Gasteiger charge is -2.24. The molecule has 1 aliphatic heterocycles. The lowest BCUT2D eigenvalue weighted by Crippen LogP contribution is -2.18. The SMILES string of the molecule is CC(C)C(CBr)Cc1cc2c(c(OCc3ccccc3)c1)OCCO2. The molecule has 0 bridgehead atoms. The maximum atomic E-state index is 6.09. The van der Waals surface area contributed by atoms with Crippen LogP contribution in [0.3, 0.4) is 0 Å². The van der Waals surface area contributed by atoms with Gasteiger partial charge in [0, 0.05) is 5.33 Å². The quantitative estimate of drug-likeness (QED) is 0.590. The van der Waals surface area contributed by atoms with Gasteiger partial charge in [-0.1, -0.05) is 60.1 Å². The van der Waals surface area contributed by atoms with Gasteiger partial charge < -0.3 is 14.2 Å². The number of benzene rings is 2. The molecule has 0 radical (unpaired) electrons. The van der Waals surface area contributed by atoms with E-state index in [1.54, 1.807) is 0 Å². The van der Waals surface area contributed by atoms with Crippen LogP contribution in [0, 0.1) is 11.8 Å². The van der Waals surface area contributed by atoms with Crippen molar-refractivity contribution >= 4 is 15.9 Å². The summed E-state index contributed by atoms with van der Waals surface area (Å²) in [5, 5.41) is 0.985. The maximum Gasteiger partial charge on any atom is 0.203 e. The minimum absolute atomic E-state index is 0.520. The molecule has 3 rings (SSSR count). The number of rotatable bonds is 7.